The van der Waals surface area contributed by atoms with Gasteiger partial charge in [-0.05, 0) is 18.2 Å². The summed E-state index contributed by atoms with van der Waals surface area (Å²) in [6, 6.07) is 11.6. The van der Waals surface area contributed by atoms with E-state index in [1.54, 1.807) is 7.05 Å². The molecule has 7 heteroatoms. The number of fused-ring (bicyclic) bond motifs is 1. The van der Waals surface area contributed by atoms with Crippen LogP contribution in [0.2, 0.25) is 0 Å². The molecule has 1 aromatic carbocycles. The molecule has 3 aromatic rings. The maximum atomic E-state index is 12.4. The summed E-state index contributed by atoms with van der Waals surface area (Å²) in [4.78, 5) is 19.5. The normalized spacial score (nSPS) is 17.9. The van der Waals surface area contributed by atoms with Crippen molar-refractivity contribution in [3.05, 3.63) is 59.5 Å². The number of carbonyl (C=O) groups is 1. The molecule has 140 valence electrons. The number of benzene rings is 1. The van der Waals surface area contributed by atoms with Crippen LogP contribution in [0, 0.1) is 0 Å². The third-order valence-corrected chi connectivity index (χ3v) is 5.00. The van der Waals surface area contributed by atoms with E-state index in [0.29, 0.717) is 12.2 Å². The topological polar surface area (TPSA) is 72.3 Å². The first-order chi connectivity index (χ1) is 13.2. The van der Waals surface area contributed by atoms with Crippen LogP contribution in [-0.2, 0) is 18.3 Å². The van der Waals surface area contributed by atoms with Gasteiger partial charge in [0.1, 0.15) is 6.10 Å². The fourth-order valence-corrected chi connectivity index (χ4v) is 3.49. The molecule has 0 unspecified atom stereocenters. The summed E-state index contributed by atoms with van der Waals surface area (Å²) in [6.45, 7) is 3.03. The van der Waals surface area contributed by atoms with Gasteiger partial charge in [-0.1, -0.05) is 18.2 Å². The molecule has 27 heavy (non-hydrogen) atoms. The fraction of sp³-hybridized carbons (Fsp3) is 0.350. The van der Waals surface area contributed by atoms with Crippen LogP contribution in [-0.4, -0.2) is 52.3 Å². The van der Waals surface area contributed by atoms with Crippen molar-refractivity contribution in [3.63, 3.8) is 0 Å². The van der Waals surface area contributed by atoms with Crippen molar-refractivity contribution in [1.82, 2.24) is 25.0 Å². The number of carbonyl (C=O) groups excluding carboxylic acids is 1. The number of aromatic nitrogens is 3. The Morgan fingerprint density at radius 2 is 2.19 bits per heavy atom. The zero-order chi connectivity index (χ0) is 18.8. The number of hydrogen-bond donors (Lipinski definition) is 1. The van der Waals surface area contributed by atoms with E-state index in [1.807, 2.05) is 54.3 Å². The van der Waals surface area contributed by atoms with Crippen LogP contribution in [0.15, 0.2) is 42.6 Å². The van der Waals surface area contributed by atoms with Crippen LogP contribution in [0.3, 0.4) is 0 Å². The lowest BCUT2D eigenvalue weighted by Gasteiger charge is -2.32. The number of morpholine rings is 1. The van der Waals surface area contributed by atoms with E-state index < -0.39 is 0 Å². The summed E-state index contributed by atoms with van der Waals surface area (Å²) in [7, 11) is 3.59. The molecule has 3 heterocycles. The summed E-state index contributed by atoms with van der Waals surface area (Å²) in [5.41, 5.74) is 3.39. The standard InChI is InChI=1S/C20H23N5O2/c1-21-20(26)16-11-18(23-17-6-4-3-5-15(16)17)19-13-25(9-10-27-19)12-14-7-8-22-24(14)2/h3-8,11,19H,9-10,12-13H2,1-2H3,(H,21,26)/t19-/m1/s1. The zero-order valence-electron chi connectivity index (χ0n) is 15.6. The third kappa shape index (κ3) is 3.56. The molecule has 4 rings (SSSR count). The molecule has 1 aliphatic rings. The highest BCUT2D eigenvalue weighted by Crippen LogP contribution is 2.26. The number of nitrogens with zero attached hydrogens (tertiary/aromatic N) is 4. The summed E-state index contributed by atoms with van der Waals surface area (Å²) < 4.78 is 7.89. The molecular formula is C20H23N5O2. The molecule has 0 aliphatic carbocycles. The molecule has 7 nitrogen and oxygen atoms in total. The lowest BCUT2D eigenvalue weighted by atomic mass is 10.0. The van der Waals surface area contributed by atoms with Gasteiger partial charge in [-0.3, -0.25) is 14.4 Å². The average molecular weight is 365 g/mol. The van der Waals surface area contributed by atoms with Crippen molar-refractivity contribution in [1.29, 1.82) is 0 Å². The minimum Gasteiger partial charge on any atom is -0.369 e. The molecule has 0 saturated carbocycles. The van der Waals surface area contributed by atoms with Gasteiger partial charge < -0.3 is 10.1 Å². The van der Waals surface area contributed by atoms with Gasteiger partial charge in [0.25, 0.3) is 5.91 Å². The molecule has 0 spiro atoms. The molecule has 1 saturated heterocycles. The first-order valence-electron chi connectivity index (χ1n) is 9.08. The highest BCUT2D eigenvalue weighted by Gasteiger charge is 2.25. The molecule has 1 N–H and O–H groups in total. The molecule has 1 aliphatic heterocycles. The van der Waals surface area contributed by atoms with Gasteiger partial charge >= 0.3 is 0 Å². The first kappa shape index (κ1) is 17.6. The molecule has 1 amide bonds. The van der Waals surface area contributed by atoms with Crippen LogP contribution in [0.4, 0.5) is 0 Å². The van der Waals surface area contributed by atoms with E-state index in [2.05, 4.69) is 15.3 Å². The molecule has 1 fully saturated rings. The smallest absolute Gasteiger partial charge is 0.251 e. The van der Waals surface area contributed by atoms with Crippen LogP contribution in [0.25, 0.3) is 10.9 Å². The predicted molar refractivity (Wildman–Crippen MR) is 102 cm³/mol. The van der Waals surface area contributed by atoms with E-state index >= 15 is 0 Å². The zero-order valence-corrected chi connectivity index (χ0v) is 15.6. The van der Waals surface area contributed by atoms with Crippen molar-refractivity contribution in [2.24, 2.45) is 7.05 Å². The van der Waals surface area contributed by atoms with Crippen molar-refractivity contribution in [3.8, 4) is 0 Å². The molecular weight excluding hydrogens is 342 g/mol. The minimum atomic E-state index is -0.167. The van der Waals surface area contributed by atoms with Crippen LogP contribution in [0.1, 0.15) is 27.8 Å². The largest absolute Gasteiger partial charge is 0.369 e. The number of hydrogen-bond acceptors (Lipinski definition) is 5. The molecule has 0 radical (unpaired) electrons. The number of aryl methyl sites for hydroxylation is 1. The Balaban J connectivity index is 1.63. The highest BCUT2D eigenvalue weighted by atomic mass is 16.5. The Kier molecular flexibility index (Phi) is 4.87. The maximum Gasteiger partial charge on any atom is 0.251 e. The lowest BCUT2D eigenvalue weighted by Crippen LogP contribution is -2.38. The Morgan fingerprint density at radius 1 is 1.33 bits per heavy atom. The number of nitrogens with one attached hydrogen (secondary N) is 1. The lowest BCUT2D eigenvalue weighted by molar-refractivity contribution is -0.0355. The summed E-state index contributed by atoms with van der Waals surface area (Å²) >= 11 is 0. The summed E-state index contributed by atoms with van der Waals surface area (Å²) in [5, 5.41) is 7.81. The molecule has 2 aromatic heterocycles. The van der Waals surface area contributed by atoms with Crippen molar-refractivity contribution >= 4 is 16.8 Å². The van der Waals surface area contributed by atoms with Crippen molar-refractivity contribution < 1.29 is 9.53 Å². The van der Waals surface area contributed by atoms with E-state index in [9.17, 15) is 4.79 Å². The second-order valence-corrected chi connectivity index (χ2v) is 6.73. The van der Waals surface area contributed by atoms with E-state index in [0.717, 1.165) is 41.9 Å². The van der Waals surface area contributed by atoms with Gasteiger partial charge in [0.2, 0.25) is 0 Å². The number of amides is 1. The Labute approximate surface area is 157 Å². The van der Waals surface area contributed by atoms with Gasteiger partial charge in [0.05, 0.1) is 29.1 Å². The monoisotopic (exact) mass is 365 g/mol. The molecule has 0 bridgehead atoms. The average Bonchev–Trinajstić information content (AvgIpc) is 3.11. The third-order valence-electron chi connectivity index (χ3n) is 5.00. The van der Waals surface area contributed by atoms with Gasteiger partial charge in [0.15, 0.2) is 0 Å². The maximum absolute atomic E-state index is 12.4. The van der Waals surface area contributed by atoms with Crippen molar-refractivity contribution in [2.45, 2.75) is 12.6 Å². The summed E-state index contributed by atoms with van der Waals surface area (Å²) in [6.07, 6.45) is 1.65. The first-order valence-corrected chi connectivity index (χ1v) is 9.08. The minimum absolute atomic E-state index is 0.114. The Morgan fingerprint density at radius 3 is 2.96 bits per heavy atom. The molecule has 1 atom stereocenters. The van der Waals surface area contributed by atoms with Gasteiger partial charge in [-0.25, -0.2) is 4.98 Å². The Hall–Kier alpha value is -2.77. The SMILES string of the molecule is CNC(=O)c1cc([C@H]2CN(Cc3ccnn3C)CCO2)nc2ccccc12. The van der Waals surface area contributed by atoms with Crippen molar-refractivity contribution in [2.75, 3.05) is 26.7 Å². The number of ether oxygens (including phenoxy) is 1. The van der Waals surface area contributed by atoms with Crippen LogP contribution >= 0.6 is 0 Å². The van der Waals surface area contributed by atoms with Gasteiger partial charge in [-0.2, -0.15) is 5.10 Å². The Bertz CT molecular complexity index is 968. The second-order valence-electron chi connectivity index (χ2n) is 6.73. The fourth-order valence-electron chi connectivity index (χ4n) is 3.49. The second kappa shape index (κ2) is 7.46. The van der Waals surface area contributed by atoms with Crippen LogP contribution in [0.5, 0.6) is 0 Å². The summed E-state index contributed by atoms with van der Waals surface area (Å²) in [5.74, 6) is -0.114. The number of para-hydroxylation sites is 1. The van der Waals surface area contributed by atoms with E-state index in [-0.39, 0.29) is 12.0 Å². The number of pyridine rings is 1. The number of rotatable bonds is 4. The van der Waals surface area contributed by atoms with Gasteiger partial charge in [-0.15, -0.1) is 0 Å². The van der Waals surface area contributed by atoms with E-state index in [4.69, 9.17) is 9.72 Å². The predicted octanol–water partition coefficient (Wildman–Crippen LogP) is 1.90. The van der Waals surface area contributed by atoms with E-state index in [1.165, 1.54) is 0 Å². The quantitative estimate of drug-likeness (QED) is 0.765. The van der Waals surface area contributed by atoms with Gasteiger partial charge in [0, 0.05) is 45.3 Å². The highest BCUT2D eigenvalue weighted by molar-refractivity contribution is 6.06. The van der Waals surface area contributed by atoms with Crippen LogP contribution < -0.4 is 5.32 Å².